The predicted molar refractivity (Wildman–Crippen MR) is 83.8 cm³/mol. The molecule has 0 aliphatic rings. The quantitative estimate of drug-likeness (QED) is 0.839. The number of aromatic nitrogens is 2. The van der Waals surface area contributed by atoms with Gasteiger partial charge in [0, 0.05) is 12.7 Å². The zero-order valence-corrected chi connectivity index (χ0v) is 13.1. The van der Waals surface area contributed by atoms with E-state index < -0.39 is 0 Å². The van der Waals surface area contributed by atoms with Crippen molar-refractivity contribution in [2.45, 2.75) is 46.2 Å². The summed E-state index contributed by atoms with van der Waals surface area (Å²) in [6, 6.07) is 7.10. The van der Waals surface area contributed by atoms with Gasteiger partial charge in [-0.25, -0.2) is 4.39 Å². The standard InChI is InChI=1S/C17H24FN3/c1-4-9-19-17(15-7-6-14(18)12-13(15)3)16-8-10-20-21(16)11-5-2/h6-8,10,12,17,19H,4-5,9,11H2,1-3H3. The van der Waals surface area contributed by atoms with Gasteiger partial charge in [-0.1, -0.05) is 19.9 Å². The second-order valence-electron chi connectivity index (χ2n) is 5.37. The van der Waals surface area contributed by atoms with Crippen LogP contribution >= 0.6 is 0 Å². The van der Waals surface area contributed by atoms with Crippen molar-refractivity contribution < 1.29 is 4.39 Å². The summed E-state index contributed by atoms with van der Waals surface area (Å²) < 4.78 is 15.4. The molecule has 0 spiro atoms. The Morgan fingerprint density at radius 3 is 2.71 bits per heavy atom. The minimum Gasteiger partial charge on any atom is -0.305 e. The Morgan fingerprint density at radius 2 is 2.05 bits per heavy atom. The van der Waals surface area contributed by atoms with Crippen LogP contribution < -0.4 is 5.32 Å². The van der Waals surface area contributed by atoms with Crippen LogP contribution in [0.15, 0.2) is 30.5 Å². The molecule has 1 aromatic carbocycles. The average molecular weight is 289 g/mol. The molecule has 2 aromatic rings. The van der Waals surface area contributed by atoms with Crippen molar-refractivity contribution in [1.82, 2.24) is 15.1 Å². The van der Waals surface area contributed by atoms with Gasteiger partial charge in [-0.2, -0.15) is 5.10 Å². The summed E-state index contributed by atoms with van der Waals surface area (Å²) in [4.78, 5) is 0. The highest BCUT2D eigenvalue weighted by molar-refractivity contribution is 5.34. The van der Waals surface area contributed by atoms with Crippen molar-refractivity contribution in [3.63, 3.8) is 0 Å². The average Bonchev–Trinajstić information content (AvgIpc) is 2.90. The van der Waals surface area contributed by atoms with E-state index in [1.165, 1.54) is 6.07 Å². The molecule has 0 aliphatic heterocycles. The summed E-state index contributed by atoms with van der Waals surface area (Å²) in [5, 5.41) is 7.97. The number of nitrogens with zero attached hydrogens (tertiary/aromatic N) is 2. The molecule has 0 saturated carbocycles. The molecule has 0 fully saturated rings. The summed E-state index contributed by atoms with van der Waals surface area (Å²) in [5.74, 6) is -0.187. The molecule has 2 rings (SSSR count). The summed E-state index contributed by atoms with van der Waals surface area (Å²) in [6.45, 7) is 8.05. The second-order valence-corrected chi connectivity index (χ2v) is 5.37. The van der Waals surface area contributed by atoms with Crippen LogP contribution in [0, 0.1) is 12.7 Å². The third-order valence-electron chi connectivity index (χ3n) is 3.62. The maximum atomic E-state index is 13.4. The topological polar surface area (TPSA) is 29.9 Å². The number of nitrogens with one attached hydrogen (secondary N) is 1. The van der Waals surface area contributed by atoms with Gasteiger partial charge >= 0.3 is 0 Å². The van der Waals surface area contributed by atoms with Crippen molar-refractivity contribution in [2.75, 3.05) is 6.54 Å². The Balaban J connectivity index is 2.39. The smallest absolute Gasteiger partial charge is 0.123 e. The molecule has 0 bridgehead atoms. The fourth-order valence-corrected chi connectivity index (χ4v) is 2.61. The fourth-order valence-electron chi connectivity index (χ4n) is 2.61. The number of benzene rings is 1. The molecule has 21 heavy (non-hydrogen) atoms. The molecule has 0 radical (unpaired) electrons. The number of halogens is 1. The van der Waals surface area contributed by atoms with E-state index in [0.717, 1.165) is 42.8 Å². The Hall–Kier alpha value is -1.68. The molecule has 4 heteroatoms. The van der Waals surface area contributed by atoms with Crippen LogP contribution in [-0.2, 0) is 6.54 Å². The Bertz CT molecular complexity index is 577. The van der Waals surface area contributed by atoms with Crippen molar-refractivity contribution in [3.05, 3.63) is 53.1 Å². The largest absolute Gasteiger partial charge is 0.305 e. The van der Waals surface area contributed by atoms with Crippen LogP contribution in [0.4, 0.5) is 4.39 Å². The van der Waals surface area contributed by atoms with E-state index in [2.05, 4.69) is 24.3 Å². The Labute approximate surface area is 126 Å². The van der Waals surface area contributed by atoms with Gasteiger partial charge in [0.2, 0.25) is 0 Å². The number of hydrogen-bond acceptors (Lipinski definition) is 2. The van der Waals surface area contributed by atoms with Gasteiger partial charge in [-0.3, -0.25) is 4.68 Å². The van der Waals surface area contributed by atoms with Gasteiger partial charge in [0.25, 0.3) is 0 Å². The number of hydrogen-bond donors (Lipinski definition) is 1. The fraction of sp³-hybridized carbons (Fsp3) is 0.471. The predicted octanol–water partition coefficient (Wildman–Crippen LogP) is 3.83. The molecule has 0 saturated heterocycles. The monoisotopic (exact) mass is 289 g/mol. The summed E-state index contributed by atoms with van der Waals surface area (Å²) in [6.07, 6.45) is 3.93. The molecule has 1 unspecified atom stereocenters. The van der Waals surface area contributed by atoms with Crippen molar-refractivity contribution >= 4 is 0 Å². The van der Waals surface area contributed by atoms with Crippen LogP contribution in [0.3, 0.4) is 0 Å². The van der Waals surface area contributed by atoms with Gasteiger partial charge in [-0.05, 0) is 55.6 Å². The first-order valence-corrected chi connectivity index (χ1v) is 7.68. The van der Waals surface area contributed by atoms with Crippen molar-refractivity contribution in [1.29, 1.82) is 0 Å². The van der Waals surface area contributed by atoms with E-state index in [1.54, 1.807) is 6.07 Å². The molecule has 1 atom stereocenters. The lowest BCUT2D eigenvalue weighted by molar-refractivity contribution is 0.509. The molecular weight excluding hydrogens is 265 g/mol. The minimum absolute atomic E-state index is 0.0552. The van der Waals surface area contributed by atoms with E-state index in [-0.39, 0.29) is 11.9 Å². The third-order valence-corrected chi connectivity index (χ3v) is 3.62. The van der Waals surface area contributed by atoms with Gasteiger partial charge in [0.1, 0.15) is 5.82 Å². The zero-order chi connectivity index (χ0) is 15.2. The first kappa shape index (κ1) is 15.7. The maximum Gasteiger partial charge on any atom is 0.123 e. The van der Waals surface area contributed by atoms with Gasteiger partial charge in [0.05, 0.1) is 11.7 Å². The molecule has 3 nitrogen and oxygen atoms in total. The Morgan fingerprint density at radius 1 is 1.24 bits per heavy atom. The first-order valence-electron chi connectivity index (χ1n) is 7.68. The Kier molecular flexibility index (Phi) is 5.51. The summed E-state index contributed by atoms with van der Waals surface area (Å²) >= 11 is 0. The van der Waals surface area contributed by atoms with Crippen LogP contribution in [-0.4, -0.2) is 16.3 Å². The lowest BCUT2D eigenvalue weighted by Gasteiger charge is -2.22. The van der Waals surface area contributed by atoms with Gasteiger partial charge in [-0.15, -0.1) is 0 Å². The van der Waals surface area contributed by atoms with E-state index in [0.29, 0.717) is 0 Å². The zero-order valence-electron chi connectivity index (χ0n) is 13.1. The molecule has 0 aliphatic carbocycles. The van der Waals surface area contributed by atoms with Crippen LogP contribution in [0.1, 0.15) is 49.6 Å². The number of aryl methyl sites for hydroxylation is 2. The second kappa shape index (κ2) is 7.36. The van der Waals surface area contributed by atoms with Crippen molar-refractivity contribution in [2.24, 2.45) is 0 Å². The molecule has 114 valence electrons. The van der Waals surface area contributed by atoms with Crippen LogP contribution in [0.5, 0.6) is 0 Å². The normalized spacial score (nSPS) is 12.6. The lowest BCUT2D eigenvalue weighted by Crippen LogP contribution is -2.26. The lowest BCUT2D eigenvalue weighted by atomic mass is 9.98. The van der Waals surface area contributed by atoms with Gasteiger partial charge in [0.15, 0.2) is 0 Å². The van der Waals surface area contributed by atoms with E-state index in [9.17, 15) is 4.39 Å². The molecule has 1 aromatic heterocycles. The number of rotatable bonds is 7. The minimum atomic E-state index is -0.187. The van der Waals surface area contributed by atoms with Crippen molar-refractivity contribution in [3.8, 4) is 0 Å². The van der Waals surface area contributed by atoms with E-state index in [1.807, 2.05) is 29.9 Å². The third kappa shape index (κ3) is 3.70. The van der Waals surface area contributed by atoms with E-state index >= 15 is 0 Å². The highest BCUT2D eigenvalue weighted by atomic mass is 19.1. The molecule has 1 heterocycles. The molecular formula is C17H24FN3. The highest BCUT2D eigenvalue weighted by Gasteiger charge is 2.19. The molecule has 1 N–H and O–H groups in total. The SMILES string of the molecule is CCCNC(c1ccc(F)cc1C)c1ccnn1CCC. The highest BCUT2D eigenvalue weighted by Crippen LogP contribution is 2.25. The van der Waals surface area contributed by atoms with Gasteiger partial charge < -0.3 is 5.32 Å². The summed E-state index contributed by atoms with van der Waals surface area (Å²) in [5.41, 5.74) is 3.22. The van der Waals surface area contributed by atoms with Crippen LogP contribution in [0.2, 0.25) is 0 Å². The maximum absolute atomic E-state index is 13.4. The van der Waals surface area contributed by atoms with Crippen LogP contribution in [0.25, 0.3) is 0 Å². The first-order chi connectivity index (χ1) is 10.2. The van der Waals surface area contributed by atoms with E-state index in [4.69, 9.17) is 0 Å². The molecule has 0 amide bonds. The summed E-state index contributed by atoms with van der Waals surface area (Å²) in [7, 11) is 0.